The molecule has 19 heavy (non-hydrogen) atoms. The van der Waals surface area contributed by atoms with Crippen LogP contribution in [0.2, 0.25) is 0 Å². The zero-order valence-electron chi connectivity index (χ0n) is 10.5. The number of piperazine rings is 1. The predicted octanol–water partition coefficient (Wildman–Crippen LogP) is 2.11. The second kappa shape index (κ2) is 5.40. The van der Waals surface area contributed by atoms with E-state index in [9.17, 15) is 4.79 Å². The van der Waals surface area contributed by atoms with Gasteiger partial charge in [-0.25, -0.2) is 4.98 Å². The smallest absolute Gasteiger partial charge is 0.282 e. The molecule has 0 unspecified atom stereocenters. The first-order chi connectivity index (χ1) is 9.34. The molecule has 1 amide bonds. The number of hydrogen-bond donors (Lipinski definition) is 0. The van der Waals surface area contributed by atoms with E-state index >= 15 is 0 Å². The fraction of sp³-hybridized carbons (Fsp3) is 0.286. The van der Waals surface area contributed by atoms with Crippen molar-refractivity contribution in [1.29, 1.82) is 0 Å². The van der Waals surface area contributed by atoms with E-state index in [4.69, 9.17) is 0 Å². The summed E-state index contributed by atoms with van der Waals surface area (Å²) in [7, 11) is 0. The average Bonchev–Trinajstić information content (AvgIpc) is 3.02. The SMILES string of the molecule is O=C(c1nccs1)N1CCN(c2ccccc2)CC1. The summed E-state index contributed by atoms with van der Waals surface area (Å²) in [5.41, 5.74) is 1.23. The third kappa shape index (κ3) is 2.61. The Morgan fingerprint density at radius 2 is 1.84 bits per heavy atom. The van der Waals surface area contributed by atoms with Crippen LogP contribution in [0.25, 0.3) is 0 Å². The Hall–Kier alpha value is -1.88. The minimum absolute atomic E-state index is 0.0581. The van der Waals surface area contributed by atoms with E-state index in [1.807, 2.05) is 28.5 Å². The molecular formula is C14H15N3OS. The molecule has 2 aromatic rings. The van der Waals surface area contributed by atoms with E-state index in [0.717, 1.165) is 26.2 Å². The van der Waals surface area contributed by atoms with Gasteiger partial charge in [0.05, 0.1) is 0 Å². The predicted molar refractivity (Wildman–Crippen MR) is 76.7 cm³/mol. The van der Waals surface area contributed by atoms with Crippen molar-refractivity contribution >= 4 is 22.9 Å². The molecule has 0 bridgehead atoms. The number of hydrogen-bond acceptors (Lipinski definition) is 4. The summed E-state index contributed by atoms with van der Waals surface area (Å²) >= 11 is 1.41. The van der Waals surface area contributed by atoms with Gasteiger partial charge in [-0.1, -0.05) is 18.2 Å². The molecule has 1 saturated heterocycles. The largest absolute Gasteiger partial charge is 0.368 e. The molecule has 3 rings (SSSR count). The summed E-state index contributed by atoms with van der Waals surface area (Å²) in [6.45, 7) is 3.27. The Labute approximate surface area is 116 Å². The monoisotopic (exact) mass is 273 g/mol. The number of para-hydroxylation sites is 1. The van der Waals surface area contributed by atoms with Gasteiger partial charge >= 0.3 is 0 Å². The first-order valence-corrected chi connectivity index (χ1v) is 7.21. The summed E-state index contributed by atoms with van der Waals surface area (Å²) in [5, 5.41) is 2.43. The number of anilines is 1. The number of benzene rings is 1. The molecule has 1 aliphatic rings. The zero-order chi connectivity index (χ0) is 13.1. The van der Waals surface area contributed by atoms with Gasteiger partial charge in [-0.05, 0) is 12.1 Å². The maximum absolute atomic E-state index is 12.2. The zero-order valence-corrected chi connectivity index (χ0v) is 11.3. The van der Waals surface area contributed by atoms with Crippen molar-refractivity contribution < 1.29 is 4.79 Å². The summed E-state index contributed by atoms with van der Waals surface area (Å²) in [6, 6.07) is 10.3. The maximum Gasteiger partial charge on any atom is 0.282 e. The van der Waals surface area contributed by atoms with Crippen LogP contribution in [0.4, 0.5) is 5.69 Å². The third-order valence-corrected chi connectivity index (χ3v) is 4.06. The Kier molecular flexibility index (Phi) is 3.46. The minimum atomic E-state index is 0.0581. The van der Waals surface area contributed by atoms with Gasteiger partial charge in [0.15, 0.2) is 5.01 Å². The van der Waals surface area contributed by atoms with Crippen molar-refractivity contribution in [3.63, 3.8) is 0 Å². The first kappa shape index (κ1) is 12.2. The Morgan fingerprint density at radius 1 is 1.11 bits per heavy atom. The number of thiazole rings is 1. The van der Waals surface area contributed by atoms with Crippen LogP contribution in [0.1, 0.15) is 9.80 Å². The van der Waals surface area contributed by atoms with Crippen molar-refractivity contribution in [1.82, 2.24) is 9.88 Å². The number of amides is 1. The molecule has 0 spiro atoms. The van der Waals surface area contributed by atoms with Crippen LogP contribution in [-0.4, -0.2) is 42.0 Å². The maximum atomic E-state index is 12.2. The highest BCUT2D eigenvalue weighted by Crippen LogP contribution is 2.17. The third-order valence-electron chi connectivity index (χ3n) is 3.30. The molecule has 2 heterocycles. The van der Waals surface area contributed by atoms with Crippen molar-refractivity contribution in [2.24, 2.45) is 0 Å². The van der Waals surface area contributed by atoms with Crippen LogP contribution >= 0.6 is 11.3 Å². The van der Waals surface area contributed by atoms with Crippen molar-refractivity contribution in [2.75, 3.05) is 31.1 Å². The van der Waals surface area contributed by atoms with E-state index in [0.29, 0.717) is 5.01 Å². The molecule has 0 saturated carbocycles. The fourth-order valence-corrected chi connectivity index (χ4v) is 2.87. The van der Waals surface area contributed by atoms with Crippen LogP contribution in [-0.2, 0) is 0 Å². The van der Waals surface area contributed by atoms with Gasteiger partial charge in [0.2, 0.25) is 0 Å². The number of rotatable bonds is 2. The van der Waals surface area contributed by atoms with Crippen LogP contribution in [0, 0.1) is 0 Å². The molecule has 1 fully saturated rings. The Bertz CT molecular complexity index is 533. The van der Waals surface area contributed by atoms with Crippen molar-refractivity contribution in [3.8, 4) is 0 Å². The molecule has 0 atom stereocenters. The number of aromatic nitrogens is 1. The quantitative estimate of drug-likeness (QED) is 0.841. The highest BCUT2D eigenvalue weighted by molar-refractivity contribution is 7.11. The lowest BCUT2D eigenvalue weighted by molar-refractivity contribution is 0.0746. The van der Waals surface area contributed by atoms with Gasteiger partial charge < -0.3 is 9.80 Å². The van der Waals surface area contributed by atoms with E-state index in [2.05, 4.69) is 22.0 Å². The molecule has 1 aliphatic heterocycles. The molecular weight excluding hydrogens is 258 g/mol. The van der Waals surface area contributed by atoms with Gasteiger partial charge in [0.25, 0.3) is 5.91 Å². The summed E-state index contributed by atoms with van der Waals surface area (Å²) < 4.78 is 0. The number of nitrogens with zero attached hydrogens (tertiary/aromatic N) is 3. The van der Waals surface area contributed by atoms with E-state index in [-0.39, 0.29) is 5.91 Å². The lowest BCUT2D eigenvalue weighted by Gasteiger charge is -2.35. The fourth-order valence-electron chi connectivity index (χ4n) is 2.27. The molecule has 1 aromatic heterocycles. The van der Waals surface area contributed by atoms with Gasteiger partial charge in [-0.2, -0.15) is 0 Å². The number of carbonyl (C=O) groups excluding carboxylic acids is 1. The standard InChI is InChI=1S/C14H15N3OS/c18-14(13-15-6-11-19-13)17-9-7-16(8-10-17)12-4-2-1-3-5-12/h1-6,11H,7-10H2. The summed E-state index contributed by atoms with van der Waals surface area (Å²) in [5.74, 6) is 0.0581. The highest BCUT2D eigenvalue weighted by Gasteiger charge is 2.23. The van der Waals surface area contributed by atoms with Gasteiger partial charge in [0.1, 0.15) is 0 Å². The molecule has 5 heteroatoms. The van der Waals surface area contributed by atoms with Gasteiger partial charge in [-0.15, -0.1) is 11.3 Å². The summed E-state index contributed by atoms with van der Waals surface area (Å²) in [6.07, 6.45) is 1.68. The van der Waals surface area contributed by atoms with Crippen LogP contribution < -0.4 is 4.90 Å². The van der Waals surface area contributed by atoms with Crippen LogP contribution in [0.15, 0.2) is 41.9 Å². The Balaban J connectivity index is 1.62. The average molecular weight is 273 g/mol. The highest BCUT2D eigenvalue weighted by atomic mass is 32.1. The second-order valence-corrected chi connectivity index (χ2v) is 5.35. The Morgan fingerprint density at radius 3 is 2.47 bits per heavy atom. The molecule has 98 valence electrons. The van der Waals surface area contributed by atoms with Gasteiger partial charge in [0, 0.05) is 43.4 Å². The molecule has 0 radical (unpaired) electrons. The van der Waals surface area contributed by atoms with E-state index in [1.165, 1.54) is 17.0 Å². The van der Waals surface area contributed by atoms with Crippen LogP contribution in [0.5, 0.6) is 0 Å². The number of carbonyl (C=O) groups is 1. The van der Waals surface area contributed by atoms with Crippen molar-refractivity contribution in [2.45, 2.75) is 0 Å². The first-order valence-electron chi connectivity index (χ1n) is 6.33. The second-order valence-electron chi connectivity index (χ2n) is 4.45. The topological polar surface area (TPSA) is 36.4 Å². The molecule has 0 aliphatic carbocycles. The van der Waals surface area contributed by atoms with E-state index in [1.54, 1.807) is 6.20 Å². The van der Waals surface area contributed by atoms with Crippen molar-refractivity contribution in [3.05, 3.63) is 46.9 Å². The molecule has 4 nitrogen and oxygen atoms in total. The molecule has 0 N–H and O–H groups in total. The molecule has 1 aromatic carbocycles. The lowest BCUT2D eigenvalue weighted by Crippen LogP contribution is -2.48. The normalized spacial score (nSPS) is 15.6. The van der Waals surface area contributed by atoms with Gasteiger partial charge in [-0.3, -0.25) is 4.79 Å². The summed E-state index contributed by atoms with van der Waals surface area (Å²) in [4.78, 5) is 20.4. The lowest BCUT2D eigenvalue weighted by atomic mass is 10.2. The minimum Gasteiger partial charge on any atom is -0.368 e. The van der Waals surface area contributed by atoms with Crippen LogP contribution in [0.3, 0.4) is 0 Å². The van der Waals surface area contributed by atoms with E-state index < -0.39 is 0 Å².